The fraction of sp³-hybridized carbons (Fsp3) is 1.00. The molecule has 0 saturated carbocycles. The lowest BCUT2D eigenvalue weighted by atomic mass is 10.4. The molecule has 0 spiro atoms. The minimum absolute atomic E-state index is 0.424. The normalized spacial score (nSPS) is 12.0. The highest BCUT2D eigenvalue weighted by Gasteiger charge is 2.18. The predicted molar refractivity (Wildman–Crippen MR) is 34.1 cm³/mol. The van der Waals surface area contributed by atoms with Gasteiger partial charge >= 0.3 is 0 Å². The summed E-state index contributed by atoms with van der Waals surface area (Å²) < 4.78 is 0. The molecule has 0 bridgehead atoms. The molecule has 0 radical (unpaired) electrons. The van der Waals surface area contributed by atoms with E-state index < -0.39 is 4.81 Å². The van der Waals surface area contributed by atoms with E-state index in [9.17, 15) is 0 Å². The molecule has 56 valence electrons. The van der Waals surface area contributed by atoms with Crippen LogP contribution in [0.1, 0.15) is 26.7 Å². The van der Waals surface area contributed by atoms with Gasteiger partial charge in [0.25, 0.3) is 0 Å². The third-order valence-electron chi connectivity index (χ3n) is 1.16. The highest BCUT2D eigenvalue weighted by Crippen LogP contribution is 1.98. The Morgan fingerprint density at radius 3 is 1.56 bits per heavy atom. The fourth-order valence-corrected chi connectivity index (χ4v) is 0.828. The minimum Gasteiger partial charge on any atom is -0.182 e. The maximum Gasteiger partial charge on any atom is 0.142 e. The van der Waals surface area contributed by atoms with Crippen molar-refractivity contribution in [1.29, 1.82) is 0 Å². The summed E-state index contributed by atoms with van der Waals surface area (Å²) in [4.78, 5) is -0.812. The second-order valence-corrected chi connectivity index (χ2v) is 2.33. The zero-order valence-corrected chi connectivity index (χ0v) is 6.17. The molecular formula is C6H16NO2+. The second kappa shape index (κ2) is 3.82. The highest BCUT2D eigenvalue weighted by molar-refractivity contribution is 4.23. The summed E-state index contributed by atoms with van der Waals surface area (Å²) >= 11 is 0. The van der Waals surface area contributed by atoms with Crippen molar-refractivity contribution in [2.45, 2.75) is 26.7 Å². The molecular weight excluding hydrogens is 118 g/mol. The van der Waals surface area contributed by atoms with Gasteiger partial charge in [-0.2, -0.15) is 10.4 Å². The van der Waals surface area contributed by atoms with Gasteiger partial charge in [0.05, 0.1) is 0 Å². The first kappa shape index (κ1) is 8.88. The summed E-state index contributed by atoms with van der Waals surface area (Å²) in [6.45, 7) is 4.70. The predicted octanol–water partition coefficient (Wildman–Crippen LogP) is 1.40. The molecule has 0 fully saturated rings. The van der Waals surface area contributed by atoms with Crippen molar-refractivity contribution in [2.75, 3.05) is 13.1 Å². The average Bonchev–Trinajstić information content (AvgIpc) is 1.64. The van der Waals surface area contributed by atoms with E-state index in [1.807, 2.05) is 13.8 Å². The van der Waals surface area contributed by atoms with Gasteiger partial charge in [0.2, 0.25) is 0 Å². The topological polar surface area (TPSA) is 40.5 Å². The summed E-state index contributed by atoms with van der Waals surface area (Å²) in [6.07, 6.45) is 1.60. The van der Waals surface area contributed by atoms with Gasteiger partial charge in [0, 0.05) is 0 Å². The van der Waals surface area contributed by atoms with Crippen LogP contribution in [0.3, 0.4) is 0 Å². The third kappa shape index (κ3) is 4.39. The van der Waals surface area contributed by atoms with E-state index in [-0.39, 0.29) is 0 Å². The van der Waals surface area contributed by atoms with Crippen molar-refractivity contribution in [2.24, 2.45) is 0 Å². The number of nitrogens with zero attached hydrogens (tertiary/aromatic N) is 1. The first-order chi connectivity index (χ1) is 4.12. The van der Waals surface area contributed by atoms with Gasteiger partial charge in [-0.1, -0.05) is 13.8 Å². The molecule has 3 heteroatoms. The molecule has 9 heavy (non-hydrogen) atoms. The van der Waals surface area contributed by atoms with Crippen LogP contribution in [-0.2, 0) is 0 Å². The Hall–Kier alpha value is -0.120. The Bertz CT molecular complexity index is 65.5. The number of quaternary nitrogens is 1. The largest absolute Gasteiger partial charge is 0.182 e. The van der Waals surface area contributed by atoms with E-state index in [2.05, 4.69) is 0 Å². The van der Waals surface area contributed by atoms with E-state index in [0.29, 0.717) is 13.1 Å². The summed E-state index contributed by atoms with van der Waals surface area (Å²) in [5.74, 6) is 0. The van der Waals surface area contributed by atoms with Gasteiger partial charge < -0.3 is 0 Å². The Labute approximate surface area is 56.0 Å². The van der Waals surface area contributed by atoms with E-state index in [4.69, 9.17) is 10.4 Å². The average molecular weight is 134 g/mol. The summed E-state index contributed by atoms with van der Waals surface area (Å²) in [7, 11) is 0. The van der Waals surface area contributed by atoms with Crippen LogP contribution in [0, 0.1) is 0 Å². The van der Waals surface area contributed by atoms with Crippen molar-refractivity contribution in [3.63, 3.8) is 0 Å². The van der Waals surface area contributed by atoms with Crippen molar-refractivity contribution in [3.8, 4) is 0 Å². The molecule has 3 nitrogen and oxygen atoms in total. The lowest BCUT2D eigenvalue weighted by molar-refractivity contribution is -1.24. The van der Waals surface area contributed by atoms with Crippen LogP contribution in [0.5, 0.6) is 0 Å². The van der Waals surface area contributed by atoms with E-state index >= 15 is 0 Å². The quantitative estimate of drug-likeness (QED) is 0.450. The van der Waals surface area contributed by atoms with Gasteiger partial charge in [-0.05, 0) is 17.7 Å². The highest BCUT2D eigenvalue weighted by atomic mass is 16.8. The van der Waals surface area contributed by atoms with E-state index in [1.165, 1.54) is 0 Å². The van der Waals surface area contributed by atoms with Crippen molar-refractivity contribution in [1.82, 2.24) is 0 Å². The van der Waals surface area contributed by atoms with Gasteiger partial charge in [-0.15, -0.1) is 0 Å². The summed E-state index contributed by atoms with van der Waals surface area (Å²) in [6, 6.07) is 0. The van der Waals surface area contributed by atoms with Crippen LogP contribution in [0.15, 0.2) is 0 Å². The standard InChI is InChI=1S/C6H16NO2/c1-3-5-7(8,9)6-4-2/h8-9H,3-6H2,1-2H3/q+1. The molecule has 0 saturated heterocycles. The van der Waals surface area contributed by atoms with Crippen LogP contribution in [0.4, 0.5) is 0 Å². The Morgan fingerprint density at radius 1 is 1.00 bits per heavy atom. The van der Waals surface area contributed by atoms with Gasteiger partial charge in [0.1, 0.15) is 13.1 Å². The van der Waals surface area contributed by atoms with Crippen LogP contribution in [-0.4, -0.2) is 28.3 Å². The molecule has 0 aromatic rings. The third-order valence-corrected chi connectivity index (χ3v) is 1.16. The van der Waals surface area contributed by atoms with Crippen LogP contribution >= 0.6 is 0 Å². The molecule has 0 amide bonds. The molecule has 0 aromatic heterocycles. The van der Waals surface area contributed by atoms with Gasteiger partial charge in [-0.25, -0.2) is 0 Å². The molecule has 2 N–H and O–H groups in total. The minimum atomic E-state index is -0.812. The van der Waals surface area contributed by atoms with Gasteiger partial charge in [-0.3, -0.25) is 0 Å². The van der Waals surface area contributed by atoms with Gasteiger partial charge in [0.15, 0.2) is 0 Å². The van der Waals surface area contributed by atoms with Crippen LogP contribution in [0.25, 0.3) is 0 Å². The molecule has 0 aromatic carbocycles. The lowest BCUT2D eigenvalue weighted by Crippen LogP contribution is -2.42. The lowest BCUT2D eigenvalue weighted by Gasteiger charge is -2.19. The zero-order valence-electron chi connectivity index (χ0n) is 6.17. The van der Waals surface area contributed by atoms with Crippen molar-refractivity contribution < 1.29 is 15.2 Å². The molecule has 0 unspecified atom stereocenters. The molecule has 0 aliphatic carbocycles. The smallest absolute Gasteiger partial charge is 0.142 e. The second-order valence-electron chi connectivity index (χ2n) is 2.33. The molecule has 0 heterocycles. The Morgan fingerprint density at radius 2 is 1.33 bits per heavy atom. The van der Waals surface area contributed by atoms with Crippen molar-refractivity contribution >= 4 is 0 Å². The molecule has 0 aliphatic rings. The number of hydrogen-bond donors (Lipinski definition) is 2. The monoisotopic (exact) mass is 134 g/mol. The fourth-order valence-electron chi connectivity index (χ4n) is 0.828. The first-order valence-electron chi connectivity index (χ1n) is 3.45. The molecule has 0 rings (SSSR count). The van der Waals surface area contributed by atoms with E-state index in [0.717, 1.165) is 12.8 Å². The summed E-state index contributed by atoms with van der Waals surface area (Å²) in [5.41, 5.74) is 0. The van der Waals surface area contributed by atoms with Crippen LogP contribution < -0.4 is 0 Å². The van der Waals surface area contributed by atoms with E-state index in [1.54, 1.807) is 0 Å². The number of rotatable bonds is 4. The Kier molecular flexibility index (Phi) is 3.77. The van der Waals surface area contributed by atoms with Crippen LogP contribution in [0.2, 0.25) is 0 Å². The summed E-state index contributed by atoms with van der Waals surface area (Å²) in [5, 5.41) is 18.0. The number of hydroxylamine groups is 4. The zero-order chi connectivity index (χ0) is 7.33. The Balaban J connectivity index is 3.43. The first-order valence-corrected chi connectivity index (χ1v) is 3.45. The molecule has 0 aliphatic heterocycles. The molecule has 0 atom stereocenters. The number of hydrogen-bond acceptors (Lipinski definition) is 2. The van der Waals surface area contributed by atoms with Crippen molar-refractivity contribution in [3.05, 3.63) is 0 Å². The SMILES string of the molecule is CCC[N+](O)(O)CCC. The maximum atomic E-state index is 9.01. The maximum absolute atomic E-state index is 9.01.